The molecule has 1 aliphatic rings. The molecule has 1 aromatic carbocycles. The molecule has 0 saturated carbocycles. The number of aromatic nitrogens is 1. The number of nitrogens with zero attached hydrogens (tertiary/aromatic N) is 2. The van der Waals surface area contributed by atoms with Gasteiger partial charge in [-0.1, -0.05) is 24.3 Å². The number of carbonyl (C=O) groups is 2. The Kier molecular flexibility index (Phi) is 7.22. The fourth-order valence-electron chi connectivity index (χ4n) is 4.09. The number of rotatable bonds is 8. The van der Waals surface area contributed by atoms with Gasteiger partial charge in [-0.05, 0) is 49.0 Å². The molecule has 34 heavy (non-hydrogen) atoms. The van der Waals surface area contributed by atoms with Crippen LogP contribution in [-0.4, -0.2) is 47.7 Å². The van der Waals surface area contributed by atoms with Crippen LogP contribution in [-0.2, 0) is 14.3 Å². The van der Waals surface area contributed by atoms with E-state index < -0.39 is 5.97 Å². The van der Waals surface area contributed by atoms with Crippen LogP contribution in [0.25, 0.3) is 11.3 Å². The van der Waals surface area contributed by atoms with E-state index in [1.54, 1.807) is 18.3 Å². The van der Waals surface area contributed by atoms with Crippen LogP contribution >= 0.6 is 12.2 Å². The molecule has 9 heteroatoms. The molecule has 0 aliphatic carbocycles. The van der Waals surface area contributed by atoms with Crippen molar-refractivity contribution in [2.24, 2.45) is 0 Å². The maximum absolute atomic E-state index is 12.3. The molecular formula is C25H25N3O5S. The van der Waals surface area contributed by atoms with Gasteiger partial charge in [0.15, 0.2) is 5.11 Å². The molecule has 3 heterocycles. The van der Waals surface area contributed by atoms with Crippen LogP contribution in [0.15, 0.2) is 65.2 Å². The fourth-order valence-corrected chi connectivity index (χ4v) is 4.43. The molecule has 2 atom stereocenters. The molecule has 1 fully saturated rings. The molecule has 8 nitrogen and oxygen atoms in total. The Morgan fingerprint density at radius 3 is 2.62 bits per heavy atom. The van der Waals surface area contributed by atoms with Crippen LogP contribution in [0.2, 0.25) is 0 Å². The van der Waals surface area contributed by atoms with Crippen molar-refractivity contribution in [1.29, 1.82) is 0 Å². The molecular weight excluding hydrogens is 454 g/mol. The van der Waals surface area contributed by atoms with Crippen molar-refractivity contribution < 1.29 is 23.5 Å². The van der Waals surface area contributed by atoms with Crippen LogP contribution in [0, 0.1) is 0 Å². The Bertz CT molecular complexity index is 1180. The first-order valence-electron chi connectivity index (χ1n) is 10.9. The highest BCUT2D eigenvalue weighted by Crippen LogP contribution is 2.41. The molecule has 176 valence electrons. The van der Waals surface area contributed by atoms with E-state index in [9.17, 15) is 9.59 Å². The molecule has 4 rings (SSSR count). The van der Waals surface area contributed by atoms with E-state index in [1.165, 1.54) is 14.2 Å². The predicted molar refractivity (Wildman–Crippen MR) is 129 cm³/mol. The number of nitrogens with one attached hydrogen (secondary N) is 1. The molecule has 0 spiro atoms. The summed E-state index contributed by atoms with van der Waals surface area (Å²) in [4.78, 5) is 30.4. The highest BCUT2D eigenvalue weighted by atomic mass is 32.1. The number of ether oxygens (including phenoxy) is 2. The number of thiocarbonyl (C=S) groups is 1. The lowest BCUT2D eigenvalue weighted by molar-refractivity contribution is -0.140. The quantitative estimate of drug-likeness (QED) is 0.379. The van der Waals surface area contributed by atoms with Gasteiger partial charge in [0.1, 0.15) is 17.6 Å². The maximum atomic E-state index is 12.3. The maximum Gasteiger partial charge on any atom is 0.338 e. The van der Waals surface area contributed by atoms with Gasteiger partial charge >= 0.3 is 11.9 Å². The molecule has 3 aromatic rings. The summed E-state index contributed by atoms with van der Waals surface area (Å²) in [6, 6.07) is 16.0. The number of benzene rings is 1. The topological polar surface area (TPSA) is 93.9 Å². The molecule has 0 bridgehead atoms. The number of furan rings is 1. The van der Waals surface area contributed by atoms with E-state index in [4.69, 9.17) is 26.1 Å². The van der Waals surface area contributed by atoms with Crippen LogP contribution in [0.3, 0.4) is 0 Å². The summed E-state index contributed by atoms with van der Waals surface area (Å²) in [5, 5.41) is 3.91. The van der Waals surface area contributed by atoms with Crippen LogP contribution in [0.1, 0.15) is 46.7 Å². The van der Waals surface area contributed by atoms with E-state index in [0.29, 0.717) is 40.7 Å². The second-order valence-electron chi connectivity index (χ2n) is 7.74. The normalized spacial score (nSPS) is 17.4. The first-order valence-corrected chi connectivity index (χ1v) is 11.3. The van der Waals surface area contributed by atoms with Gasteiger partial charge in [0.25, 0.3) is 0 Å². The lowest BCUT2D eigenvalue weighted by Crippen LogP contribution is -2.30. The summed E-state index contributed by atoms with van der Waals surface area (Å²) < 4.78 is 16.0. The third kappa shape index (κ3) is 4.79. The Labute approximate surface area is 202 Å². The van der Waals surface area contributed by atoms with E-state index in [2.05, 4.69) is 10.3 Å². The Hall–Kier alpha value is -3.72. The van der Waals surface area contributed by atoms with E-state index >= 15 is 0 Å². The largest absolute Gasteiger partial charge is 0.469 e. The number of pyridine rings is 1. The average Bonchev–Trinajstić information content (AvgIpc) is 3.48. The minimum Gasteiger partial charge on any atom is -0.469 e. The predicted octanol–water partition coefficient (Wildman–Crippen LogP) is 4.05. The Balaban J connectivity index is 1.68. The van der Waals surface area contributed by atoms with Gasteiger partial charge in [0, 0.05) is 24.7 Å². The van der Waals surface area contributed by atoms with Gasteiger partial charge in [0.2, 0.25) is 0 Å². The van der Waals surface area contributed by atoms with Crippen LogP contribution < -0.4 is 5.32 Å². The van der Waals surface area contributed by atoms with E-state index in [-0.39, 0.29) is 24.5 Å². The molecule has 1 N–H and O–H groups in total. The van der Waals surface area contributed by atoms with Gasteiger partial charge in [-0.25, -0.2) is 4.79 Å². The molecule has 0 unspecified atom stereocenters. The molecule has 0 radical (unpaired) electrons. The first-order chi connectivity index (χ1) is 16.5. The lowest BCUT2D eigenvalue weighted by atomic mass is 10.0. The second-order valence-corrected chi connectivity index (χ2v) is 8.13. The van der Waals surface area contributed by atoms with Gasteiger partial charge < -0.3 is 24.1 Å². The number of hydrogen-bond acceptors (Lipinski definition) is 7. The highest BCUT2D eigenvalue weighted by molar-refractivity contribution is 7.80. The summed E-state index contributed by atoms with van der Waals surface area (Å²) in [5.74, 6) is 0.502. The van der Waals surface area contributed by atoms with E-state index in [0.717, 1.165) is 5.69 Å². The summed E-state index contributed by atoms with van der Waals surface area (Å²) >= 11 is 5.64. The van der Waals surface area contributed by atoms with Gasteiger partial charge in [-0.15, -0.1) is 0 Å². The SMILES string of the molecule is COC(=O)CCCN1C(=S)N[C@H](c2ccccn2)[C@@H]1c1ccc(-c2ccccc2C(=O)OC)o1. The minimum atomic E-state index is -0.437. The number of esters is 2. The first kappa shape index (κ1) is 23.4. The van der Waals surface area contributed by atoms with Crippen molar-refractivity contribution in [1.82, 2.24) is 15.2 Å². The molecule has 1 saturated heterocycles. The molecule has 1 aliphatic heterocycles. The van der Waals surface area contributed by atoms with Crippen molar-refractivity contribution >= 4 is 29.3 Å². The van der Waals surface area contributed by atoms with Crippen molar-refractivity contribution in [2.45, 2.75) is 24.9 Å². The fraction of sp³-hybridized carbons (Fsp3) is 0.280. The van der Waals surface area contributed by atoms with Crippen molar-refractivity contribution in [3.63, 3.8) is 0 Å². The summed E-state index contributed by atoms with van der Waals surface area (Å²) in [7, 11) is 2.72. The van der Waals surface area contributed by atoms with Crippen molar-refractivity contribution in [2.75, 3.05) is 20.8 Å². The molecule has 0 amide bonds. The number of hydrogen-bond donors (Lipinski definition) is 1. The van der Waals surface area contributed by atoms with Gasteiger partial charge in [0.05, 0.1) is 31.5 Å². The zero-order valence-corrected chi connectivity index (χ0v) is 19.7. The van der Waals surface area contributed by atoms with Crippen LogP contribution in [0.5, 0.6) is 0 Å². The summed E-state index contributed by atoms with van der Waals surface area (Å²) in [5.41, 5.74) is 1.88. The molecule has 2 aromatic heterocycles. The van der Waals surface area contributed by atoms with Gasteiger partial charge in [-0.3, -0.25) is 9.78 Å². The zero-order valence-electron chi connectivity index (χ0n) is 18.9. The summed E-state index contributed by atoms with van der Waals surface area (Å²) in [6.45, 7) is 0.531. The van der Waals surface area contributed by atoms with Crippen LogP contribution in [0.4, 0.5) is 0 Å². The second kappa shape index (κ2) is 10.5. The third-order valence-corrected chi connectivity index (χ3v) is 6.07. The Morgan fingerprint density at radius 1 is 1.09 bits per heavy atom. The monoisotopic (exact) mass is 479 g/mol. The van der Waals surface area contributed by atoms with E-state index in [1.807, 2.05) is 47.4 Å². The smallest absolute Gasteiger partial charge is 0.338 e. The zero-order chi connectivity index (χ0) is 24.1. The number of carbonyl (C=O) groups excluding carboxylic acids is 2. The Morgan fingerprint density at radius 2 is 1.88 bits per heavy atom. The number of methoxy groups -OCH3 is 2. The highest BCUT2D eigenvalue weighted by Gasteiger charge is 2.41. The van der Waals surface area contributed by atoms with Crippen molar-refractivity contribution in [3.8, 4) is 11.3 Å². The summed E-state index contributed by atoms with van der Waals surface area (Å²) in [6.07, 6.45) is 2.59. The minimum absolute atomic E-state index is 0.248. The van der Waals surface area contributed by atoms with Gasteiger partial charge in [-0.2, -0.15) is 0 Å². The lowest BCUT2D eigenvalue weighted by Gasteiger charge is -2.26. The van der Waals surface area contributed by atoms with Crippen molar-refractivity contribution in [3.05, 3.63) is 77.8 Å². The average molecular weight is 480 g/mol. The standard InChI is InChI=1S/C25H25N3O5S/c1-31-21(29)11-7-15-28-23(22(27-25(28)34)18-10-5-6-14-26-18)20-13-12-19(33-20)16-8-3-4-9-17(16)24(30)32-2/h3-6,8-10,12-14,22-23H,7,11,15H2,1-2H3,(H,27,34)/t22-,23+/m1/s1. The third-order valence-electron chi connectivity index (χ3n) is 5.72.